The molecule has 0 aliphatic carbocycles. The second kappa shape index (κ2) is 6.29. The highest BCUT2D eigenvalue weighted by molar-refractivity contribution is 6.44. The lowest BCUT2D eigenvalue weighted by molar-refractivity contribution is 0.102. The molecular weight excluding hydrogens is 293 g/mol. The van der Waals surface area contributed by atoms with E-state index in [4.69, 9.17) is 23.2 Å². The van der Waals surface area contributed by atoms with Crippen molar-refractivity contribution >= 4 is 34.8 Å². The van der Waals surface area contributed by atoms with Crippen LogP contribution in [0.1, 0.15) is 35.7 Å². The Labute approximate surface area is 128 Å². The molecule has 0 atom stereocenters. The fourth-order valence-electron chi connectivity index (χ4n) is 1.83. The molecule has 0 aliphatic heterocycles. The van der Waals surface area contributed by atoms with E-state index in [-0.39, 0.29) is 10.9 Å². The van der Waals surface area contributed by atoms with Crippen LogP contribution < -0.4 is 5.32 Å². The van der Waals surface area contributed by atoms with E-state index in [1.165, 1.54) is 5.56 Å². The lowest BCUT2D eigenvalue weighted by Crippen LogP contribution is -2.12. The second-order valence-electron chi connectivity index (χ2n) is 4.83. The highest BCUT2D eigenvalue weighted by Crippen LogP contribution is 2.26. The van der Waals surface area contributed by atoms with Gasteiger partial charge in [0.2, 0.25) is 0 Å². The molecule has 0 saturated carbocycles. The molecule has 1 amide bonds. The summed E-state index contributed by atoms with van der Waals surface area (Å²) >= 11 is 11.9. The van der Waals surface area contributed by atoms with Crippen molar-refractivity contribution < 1.29 is 4.79 Å². The highest BCUT2D eigenvalue weighted by Gasteiger charge is 2.12. The monoisotopic (exact) mass is 307 g/mol. The molecule has 0 unspecified atom stereocenters. The third-order valence-corrected chi connectivity index (χ3v) is 3.85. The van der Waals surface area contributed by atoms with Crippen molar-refractivity contribution in [2.24, 2.45) is 0 Å². The molecule has 0 radical (unpaired) electrons. The topological polar surface area (TPSA) is 29.1 Å². The van der Waals surface area contributed by atoms with E-state index >= 15 is 0 Å². The minimum atomic E-state index is -0.269. The minimum Gasteiger partial charge on any atom is -0.322 e. The molecule has 2 rings (SSSR count). The molecule has 104 valence electrons. The number of amides is 1. The molecule has 4 heteroatoms. The highest BCUT2D eigenvalue weighted by atomic mass is 35.5. The van der Waals surface area contributed by atoms with E-state index in [0.717, 1.165) is 5.69 Å². The van der Waals surface area contributed by atoms with Gasteiger partial charge in [0, 0.05) is 5.69 Å². The third-order valence-electron chi connectivity index (χ3n) is 3.03. The first-order valence-electron chi connectivity index (χ1n) is 6.34. The predicted molar refractivity (Wildman–Crippen MR) is 84.9 cm³/mol. The first kappa shape index (κ1) is 14.9. The summed E-state index contributed by atoms with van der Waals surface area (Å²) in [7, 11) is 0. The van der Waals surface area contributed by atoms with Gasteiger partial charge in [-0.1, -0.05) is 55.2 Å². The van der Waals surface area contributed by atoms with Gasteiger partial charge in [0.25, 0.3) is 5.91 Å². The number of carbonyl (C=O) groups excluding carboxylic acids is 1. The Morgan fingerprint density at radius 2 is 1.70 bits per heavy atom. The summed E-state index contributed by atoms with van der Waals surface area (Å²) in [5.41, 5.74) is 2.33. The van der Waals surface area contributed by atoms with E-state index < -0.39 is 0 Å². The normalized spacial score (nSPS) is 10.7. The van der Waals surface area contributed by atoms with Crippen LogP contribution in [0, 0.1) is 0 Å². The van der Waals surface area contributed by atoms with E-state index in [9.17, 15) is 4.79 Å². The molecule has 20 heavy (non-hydrogen) atoms. The zero-order valence-electron chi connectivity index (χ0n) is 11.3. The number of hydrogen-bond donors (Lipinski definition) is 1. The van der Waals surface area contributed by atoms with Gasteiger partial charge in [-0.3, -0.25) is 4.79 Å². The number of hydrogen-bond acceptors (Lipinski definition) is 1. The molecule has 2 aromatic rings. The molecule has 0 spiro atoms. The molecule has 0 heterocycles. The number of nitrogens with one attached hydrogen (secondary N) is 1. The van der Waals surface area contributed by atoms with Crippen molar-refractivity contribution in [3.05, 3.63) is 63.6 Å². The molecule has 0 bridgehead atoms. The number of carbonyl (C=O) groups is 1. The molecular formula is C16H15Cl2NO. The first-order chi connectivity index (χ1) is 9.49. The van der Waals surface area contributed by atoms with Crippen molar-refractivity contribution in [2.45, 2.75) is 19.8 Å². The van der Waals surface area contributed by atoms with Gasteiger partial charge in [-0.05, 0) is 35.7 Å². The summed E-state index contributed by atoms with van der Waals surface area (Å²) < 4.78 is 0. The van der Waals surface area contributed by atoms with Gasteiger partial charge in [0.05, 0.1) is 15.6 Å². The summed E-state index contributed by atoms with van der Waals surface area (Å²) in [5, 5.41) is 3.45. The van der Waals surface area contributed by atoms with Crippen LogP contribution in [0.25, 0.3) is 0 Å². The molecule has 0 aliphatic rings. The maximum absolute atomic E-state index is 12.2. The zero-order chi connectivity index (χ0) is 14.7. The molecule has 0 aromatic heterocycles. The van der Waals surface area contributed by atoms with Gasteiger partial charge in [0.15, 0.2) is 0 Å². The summed E-state index contributed by atoms with van der Waals surface area (Å²) in [6.45, 7) is 4.25. The Morgan fingerprint density at radius 1 is 1.05 bits per heavy atom. The number of benzene rings is 2. The summed E-state index contributed by atoms with van der Waals surface area (Å²) in [6, 6.07) is 12.8. The third kappa shape index (κ3) is 3.33. The summed E-state index contributed by atoms with van der Waals surface area (Å²) in [4.78, 5) is 12.2. The van der Waals surface area contributed by atoms with Crippen molar-refractivity contribution in [1.29, 1.82) is 0 Å². The fraction of sp³-hybridized carbons (Fsp3) is 0.188. The van der Waals surface area contributed by atoms with Gasteiger partial charge in [0.1, 0.15) is 0 Å². The van der Waals surface area contributed by atoms with Crippen molar-refractivity contribution in [3.63, 3.8) is 0 Å². The van der Waals surface area contributed by atoms with Gasteiger partial charge in [-0.15, -0.1) is 0 Å². The van der Waals surface area contributed by atoms with Crippen LogP contribution in [0.5, 0.6) is 0 Å². The lowest BCUT2D eigenvalue weighted by atomic mass is 10.0. The average Bonchev–Trinajstić information content (AvgIpc) is 2.42. The van der Waals surface area contributed by atoms with Crippen LogP contribution in [-0.4, -0.2) is 5.91 Å². The van der Waals surface area contributed by atoms with E-state index in [2.05, 4.69) is 19.2 Å². The van der Waals surface area contributed by atoms with Crippen LogP contribution in [-0.2, 0) is 0 Å². The second-order valence-corrected chi connectivity index (χ2v) is 5.62. The van der Waals surface area contributed by atoms with Crippen molar-refractivity contribution in [3.8, 4) is 0 Å². The van der Waals surface area contributed by atoms with Crippen molar-refractivity contribution in [2.75, 3.05) is 5.32 Å². The van der Waals surface area contributed by atoms with Gasteiger partial charge < -0.3 is 5.32 Å². The summed E-state index contributed by atoms with van der Waals surface area (Å²) in [6.07, 6.45) is 0. The smallest absolute Gasteiger partial charge is 0.257 e. The standard InChI is InChI=1S/C16H15Cl2NO/c1-10(2)11-6-8-12(9-7-11)19-16(20)13-4-3-5-14(17)15(13)18/h3-10H,1-2H3,(H,19,20). The predicted octanol–water partition coefficient (Wildman–Crippen LogP) is 5.37. The zero-order valence-corrected chi connectivity index (χ0v) is 12.8. The molecule has 2 aromatic carbocycles. The van der Waals surface area contributed by atoms with Crippen LogP contribution in [0.3, 0.4) is 0 Å². The average molecular weight is 308 g/mol. The molecule has 2 nitrogen and oxygen atoms in total. The Balaban J connectivity index is 2.17. The molecule has 0 saturated heterocycles. The Morgan fingerprint density at radius 3 is 2.30 bits per heavy atom. The van der Waals surface area contributed by atoms with Crippen LogP contribution in [0.4, 0.5) is 5.69 Å². The van der Waals surface area contributed by atoms with Crippen LogP contribution >= 0.6 is 23.2 Å². The quantitative estimate of drug-likeness (QED) is 0.811. The van der Waals surface area contributed by atoms with Crippen LogP contribution in [0.15, 0.2) is 42.5 Å². The van der Waals surface area contributed by atoms with E-state index in [0.29, 0.717) is 16.5 Å². The molecule has 0 fully saturated rings. The molecule has 1 N–H and O–H groups in total. The Hall–Kier alpha value is -1.51. The largest absolute Gasteiger partial charge is 0.322 e. The maximum Gasteiger partial charge on any atom is 0.257 e. The number of rotatable bonds is 3. The number of anilines is 1. The van der Waals surface area contributed by atoms with E-state index in [1.54, 1.807) is 18.2 Å². The van der Waals surface area contributed by atoms with Gasteiger partial charge >= 0.3 is 0 Å². The Kier molecular flexibility index (Phi) is 4.69. The minimum absolute atomic E-state index is 0.269. The maximum atomic E-state index is 12.2. The van der Waals surface area contributed by atoms with Gasteiger partial charge in [-0.2, -0.15) is 0 Å². The fourth-order valence-corrected chi connectivity index (χ4v) is 2.22. The van der Waals surface area contributed by atoms with E-state index in [1.807, 2.05) is 24.3 Å². The SMILES string of the molecule is CC(C)c1ccc(NC(=O)c2cccc(Cl)c2Cl)cc1. The van der Waals surface area contributed by atoms with Crippen LogP contribution in [0.2, 0.25) is 10.0 Å². The van der Waals surface area contributed by atoms with Crippen molar-refractivity contribution in [1.82, 2.24) is 0 Å². The first-order valence-corrected chi connectivity index (χ1v) is 7.10. The summed E-state index contributed by atoms with van der Waals surface area (Å²) in [5.74, 6) is 0.192. The van der Waals surface area contributed by atoms with Gasteiger partial charge in [-0.25, -0.2) is 0 Å². The number of halogens is 2. The Bertz CT molecular complexity index is 621. The lowest BCUT2D eigenvalue weighted by Gasteiger charge is -2.09.